The second-order valence-electron chi connectivity index (χ2n) is 8.89. The highest BCUT2D eigenvalue weighted by Gasteiger charge is 2.50. The highest BCUT2D eigenvalue weighted by Crippen LogP contribution is 2.43. The topological polar surface area (TPSA) is 58.6 Å². The molecule has 0 radical (unpaired) electrons. The summed E-state index contributed by atoms with van der Waals surface area (Å²) in [5, 5.41) is 3.12. The molecule has 2 aromatic rings. The number of aryl methyl sites for hydroxylation is 2. The predicted octanol–water partition coefficient (Wildman–Crippen LogP) is 5.09. The predicted molar refractivity (Wildman–Crippen MR) is 122 cm³/mol. The van der Waals surface area contributed by atoms with Gasteiger partial charge in [0.2, 0.25) is 5.91 Å². The van der Waals surface area contributed by atoms with Gasteiger partial charge in [0, 0.05) is 18.2 Å². The summed E-state index contributed by atoms with van der Waals surface area (Å²) >= 11 is 0. The van der Waals surface area contributed by atoms with Crippen LogP contribution in [0.1, 0.15) is 30.5 Å². The van der Waals surface area contributed by atoms with Crippen LogP contribution in [0.3, 0.4) is 0 Å². The summed E-state index contributed by atoms with van der Waals surface area (Å²) in [6.07, 6.45) is 1.71. The Hall–Kier alpha value is -3.08. The number of piperidine rings is 1. The molecule has 1 saturated heterocycles. The maximum atomic E-state index is 13.4. The van der Waals surface area contributed by atoms with Gasteiger partial charge in [-0.25, -0.2) is 4.79 Å². The third kappa shape index (κ3) is 4.22. The fourth-order valence-corrected chi connectivity index (χ4v) is 4.88. The van der Waals surface area contributed by atoms with Gasteiger partial charge in [0.25, 0.3) is 0 Å². The summed E-state index contributed by atoms with van der Waals surface area (Å²) in [5.74, 6) is -0.0472. The zero-order valence-corrected chi connectivity index (χ0v) is 18.6. The average molecular weight is 419 g/mol. The maximum absolute atomic E-state index is 13.4. The van der Waals surface area contributed by atoms with Crippen LogP contribution >= 0.6 is 0 Å². The van der Waals surface area contributed by atoms with Crippen LogP contribution in [0, 0.1) is 31.6 Å². The van der Waals surface area contributed by atoms with Gasteiger partial charge in [0.15, 0.2) is 0 Å². The Bertz CT molecular complexity index is 1010. The summed E-state index contributed by atoms with van der Waals surface area (Å²) in [4.78, 5) is 28.0. The van der Waals surface area contributed by atoms with E-state index < -0.39 is 0 Å². The van der Waals surface area contributed by atoms with E-state index in [-0.39, 0.29) is 42.4 Å². The fraction of sp³-hybridized carbons (Fsp3) is 0.385. The number of fused-ring (bicyclic) bond motifs is 2. The van der Waals surface area contributed by atoms with Crippen LogP contribution in [-0.4, -0.2) is 29.5 Å². The van der Waals surface area contributed by atoms with Crippen LogP contribution in [0.4, 0.5) is 10.5 Å². The summed E-state index contributed by atoms with van der Waals surface area (Å²) in [6, 6.07) is 15.4. The normalized spacial score (nSPS) is 24.5. The average Bonchev–Trinajstić information content (AvgIpc) is 2.75. The largest absolute Gasteiger partial charge is 0.445 e. The Balaban J connectivity index is 1.52. The van der Waals surface area contributed by atoms with Crippen LogP contribution in [0.2, 0.25) is 0 Å². The van der Waals surface area contributed by atoms with Gasteiger partial charge in [0.05, 0.1) is 12.0 Å². The number of rotatable bonds is 4. The van der Waals surface area contributed by atoms with Gasteiger partial charge >= 0.3 is 6.09 Å². The van der Waals surface area contributed by atoms with E-state index in [9.17, 15) is 9.59 Å². The lowest BCUT2D eigenvalue weighted by Crippen LogP contribution is -2.60. The van der Waals surface area contributed by atoms with Gasteiger partial charge in [0.1, 0.15) is 6.61 Å². The van der Waals surface area contributed by atoms with Crippen molar-refractivity contribution in [3.05, 3.63) is 76.9 Å². The number of hydrogen-bond acceptors (Lipinski definition) is 3. The van der Waals surface area contributed by atoms with Gasteiger partial charge in [-0.1, -0.05) is 61.0 Å². The molecule has 1 fully saturated rings. The maximum Gasteiger partial charge on any atom is 0.410 e. The molecule has 2 amide bonds. The van der Waals surface area contributed by atoms with Crippen molar-refractivity contribution in [3.63, 3.8) is 0 Å². The molecule has 0 aromatic heterocycles. The minimum atomic E-state index is -0.362. The third-order valence-electron chi connectivity index (χ3n) is 6.73. The molecule has 2 bridgehead atoms. The van der Waals surface area contributed by atoms with Crippen LogP contribution in [0.15, 0.2) is 60.2 Å². The van der Waals surface area contributed by atoms with E-state index in [0.29, 0.717) is 6.54 Å². The summed E-state index contributed by atoms with van der Waals surface area (Å²) < 4.78 is 5.60. The van der Waals surface area contributed by atoms with Crippen molar-refractivity contribution in [2.75, 3.05) is 11.9 Å². The fourth-order valence-electron chi connectivity index (χ4n) is 4.88. The van der Waals surface area contributed by atoms with Crippen molar-refractivity contribution in [2.24, 2.45) is 17.8 Å². The number of carbonyl (C=O) groups excluding carboxylic acids is 2. The first kappa shape index (κ1) is 21.2. The smallest absolute Gasteiger partial charge is 0.410 e. The highest BCUT2D eigenvalue weighted by atomic mass is 16.6. The number of nitrogens with one attached hydrogen (secondary N) is 1. The van der Waals surface area contributed by atoms with Crippen molar-refractivity contribution in [1.82, 2.24) is 4.90 Å². The molecule has 2 aromatic carbocycles. The molecule has 162 valence electrons. The molecule has 1 N–H and O–H groups in total. The number of benzene rings is 2. The number of nitrogens with zero attached hydrogens (tertiary/aromatic N) is 1. The monoisotopic (exact) mass is 418 g/mol. The summed E-state index contributed by atoms with van der Waals surface area (Å²) in [6.45, 7) is 9.04. The molecule has 4 atom stereocenters. The zero-order chi connectivity index (χ0) is 22.1. The van der Waals surface area contributed by atoms with Crippen LogP contribution in [0.5, 0.6) is 0 Å². The van der Waals surface area contributed by atoms with Gasteiger partial charge in [-0.3, -0.25) is 4.79 Å². The third-order valence-corrected chi connectivity index (χ3v) is 6.73. The van der Waals surface area contributed by atoms with Gasteiger partial charge < -0.3 is 15.0 Å². The number of anilines is 1. The standard InChI is InChI=1S/C26H30N2O3/c1-16-10-11-17(2)22(12-16)27-25(29)24-19(4)21-14-28(23(24)13-18(21)3)26(30)31-15-20-8-6-5-7-9-20/h5-13,19,21,23-24H,14-15H2,1-4H3,(H,27,29)/t19-,21+,23-,24+/m1/s1. The van der Waals surface area contributed by atoms with Crippen molar-refractivity contribution < 1.29 is 14.3 Å². The molecule has 0 unspecified atom stereocenters. The Labute approximate surface area is 184 Å². The number of amides is 2. The van der Waals surface area contributed by atoms with Crippen molar-refractivity contribution in [3.8, 4) is 0 Å². The molecule has 3 aliphatic rings. The minimum Gasteiger partial charge on any atom is -0.445 e. The summed E-state index contributed by atoms with van der Waals surface area (Å²) in [7, 11) is 0. The van der Waals surface area contributed by atoms with E-state index in [4.69, 9.17) is 4.74 Å². The lowest BCUT2D eigenvalue weighted by Gasteiger charge is -2.50. The van der Waals surface area contributed by atoms with E-state index in [1.54, 1.807) is 4.90 Å². The molecule has 2 aliphatic heterocycles. The molecule has 0 saturated carbocycles. The van der Waals surface area contributed by atoms with E-state index in [1.807, 2.05) is 62.4 Å². The van der Waals surface area contributed by atoms with Crippen LogP contribution in [0.25, 0.3) is 0 Å². The Morgan fingerprint density at radius 2 is 1.84 bits per heavy atom. The lowest BCUT2D eigenvalue weighted by atomic mass is 9.66. The molecule has 5 heteroatoms. The van der Waals surface area contributed by atoms with E-state index >= 15 is 0 Å². The van der Waals surface area contributed by atoms with Crippen molar-refractivity contribution in [2.45, 2.75) is 40.3 Å². The van der Waals surface area contributed by atoms with Gasteiger partial charge in [-0.05, 0) is 49.4 Å². The number of ether oxygens (including phenoxy) is 1. The van der Waals surface area contributed by atoms with Crippen LogP contribution < -0.4 is 5.32 Å². The lowest BCUT2D eigenvalue weighted by molar-refractivity contribution is -0.126. The molecule has 2 heterocycles. The van der Waals surface area contributed by atoms with Crippen molar-refractivity contribution >= 4 is 17.7 Å². The quantitative estimate of drug-likeness (QED) is 0.704. The molecule has 5 nitrogen and oxygen atoms in total. The molecular formula is C26H30N2O3. The van der Waals surface area contributed by atoms with E-state index in [0.717, 1.165) is 22.4 Å². The molecule has 31 heavy (non-hydrogen) atoms. The van der Waals surface area contributed by atoms with E-state index in [1.165, 1.54) is 5.57 Å². The second-order valence-corrected chi connectivity index (χ2v) is 8.89. The Morgan fingerprint density at radius 3 is 2.58 bits per heavy atom. The van der Waals surface area contributed by atoms with Crippen molar-refractivity contribution in [1.29, 1.82) is 0 Å². The number of hydrogen-bond donors (Lipinski definition) is 1. The molecule has 5 rings (SSSR count). The zero-order valence-electron chi connectivity index (χ0n) is 18.6. The molecular weight excluding hydrogens is 388 g/mol. The summed E-state index contributed by atoms with van der Waals surface area (Å²) in [5.41, 5.74) is 5.15. The first-order valence-corrected chi connectivity index (χ1v) is 10.9. The molecule has 0 spiro atoms. The Morgan fingerprint density at radius 1 is 1.10 bits per heavy atom. The van der Waals surface area contributed by atoms with Gasteiger partial charge in [-0.15, -0.1) is 0 Å². The Kier molecular flexibility index (Phi) is 5.86. The van der Waals surface area contributed by atoms with Crippen LogP contribution in [-0.2, 0) is 16.1 Å². The number of carbonyl (C=O) groups is 2. The second kappa shape index (κ2) is 8.58. The van der Waals surface area contributed by atoms with E-state index in [2.05, 4.69) is 25.2 Å². The molecule has 1 aliphatic carbocycles. The highest BCUT2D eigenvalue weighted by molar-refractivity contribution is 5.95. The first-order chi connectivity index (χ1) is 14.8. The first-order valence-electron chi connectivity index (χ1n) is 10.9. The SMILES string of the molecule is CC1=C[C@@H]2[C@@H](C(=O)Nc3cc(C)ccc3C)[C@H](C)[C@H]1CN2C(=O)OCc1ccccc1. The van der Waals surface area contributed by atoms with Gasteiger partial charge in [-0.2, -0.15) is 0 Å². The minimum absolute atomic E-state index is 0.0412.